The molecule has 2 aromatic heterocycles. The summed E-state index contributed by atoms with van der Waals surface area (Å²) in [6.45, 7) is 8.82. The van der Waals surface area contributed by atoms with Gasteiger partial charge in [-0.25, -0.2) is 0 Å². The van der Waals surface area contributed by atoms with Gasteiger partial charge < -0.3 is 4.57 Å². The van der Waals surface area contributed by atoms with Crippen molar-refractivity contribution in [3.63, 3.8) is 0 Å². The molecule has 0 saturated heterocycles. The van der Waals surface area contributed by atoms with Crippen LogP contribution < -0.4 is 10.6 Å². The fourth-order valence-corrected chi connectivity index (χ4v) is 9.32. The molecule has 0 fully saturated rings. The standard InChI is InChI=1S/C36H33NS/c1-3-23-10-4-6-12-26(23)22(2)37-30-15-9-8-14-28(30)34-31(37)20-19-29-35-32(38-36(29)34)21-18-25-17-16-24-11-5-7-13-27(24)33(25)35/h3,5,7,10-17,25,33H,1-2,4,6,8-9,18-21H2. The molecule has 0 amide bonds. The van der Waals surface area contributed by atoms with E-state index in [0.29, 0.717) is 11.8 Å². The number of nitrogens with zero attached hydrogens (tertiary/aromatic N) is 1. The summed E-state index contributed by atoms with van der Waals surface area (Å²) in [6, 6.07) is 9.11. The van der Waals surface area contributed by atoms with Gasteiger partial charge in [-0.3, -0.25) is 0 Å². The highest BCUT2D eigenvalue weighted by Crippen LogP contribution is 2.53. The minimum atomic E-state index is 0.512. The molecule has 188 valence electrons. The molecule has 0 spiro atoms. The number of allylic oxidation sites excluding steroid dienone is 7. The molecule has 0 bridgehead atoms. The average molecular weight is 512 g/mol. The van der Waals surface area contributed by atoms with E-state index in [9.17, 15) is 0 Å². The highest BCUT2D eigenvalue weighted by atomic mass is 32.1. The van der Waals surface area contributed by atoms with E-state index < -0.39 is 0 Å². The van der Waals surface area contributed by atoms with Crippen LogP contribution in [0, 0.1) is 5.92 Å². The number of aryl methyl sites for hydroxylation is 1. The quantitative estimate of drug-likeness (QED) is 0.340. The summed E-state index contributed by atoms with van der Waals surface area (Å²) in [6.07, 6.45) is 25.6. The smallest absolute Gasteiger partial charge is 0.0495 e. The minimum absolute atomic E-state index is 0.512. The van der Waals surface area contributed by atoms with Crippen LogP contribution in [0.25, 0.3) is 34.4 Å². The molecule has 3 aromatic rings. The molecule has 2 atom stereocenters. The molecule has 0 radical (unpaired) electrons. The predicted octanol–water partition coefficient (Wildman–Crippen LogP) is 7.69. The molecule has 1 nitrogen and oxygen atoms in total. The normalized spacial score (nSPS) is 22.2. The summed E-state index contributed by atoms with van der Waals surface area (Å²) in [5.74, 6) is 1.13. The van der Waals surface area contributed by atoms with E-state index in [0.717, 1.165) is 44.2 Å². The van der Waals surface area contributed by atoms with Crippen LogP contribution in [0.5, 0.6) is 0 Å². The molecule has 0 N–H and O–H groups in total. The number of hydrogen-bond donors (Lipinski definition) is 0. The fourth-order valence-electron chi connectivity index (χ4n) is 7.82. The summed E-state index contributed by atoms with van der Waals surface area (Å²) in [5.41, 5.74) is 12.9. The lowest BCUT2D eigenvalue weighted by Gasteiger charge is -2.35. The Kier molecular flexibility index (Phi) is 5.10. The SMILES string of the molecule is C=CC1=CCCC=C1C(=C)n1c2c(c3c1=CCCC=3)-c1sc3c(c1CC2)C1c2ccccc2C=CC1CC3. The maximum Gasteiger partial charge on any atom is 0.0495 e. The van der Waals surface area contributed by atoms with Crippen molar-refractivity contribution >= 4 is 35.3 Å². The molecular weight excluding hydrogens is 478 g/mol. The van der Waals surface area contributed by atoms with Crippen molar-refractivity contribution in [3.05, 3.63) is 116 Å². The molecular formula is C36H33NS. The maximum absolute atomic E-state index is 4.70. The number of fused-ring (bicyclic) bond motifs is 11. The van der Waals surface area contributed by atoms with Gasteiger partial charge in [0, 0.05) is 48.8 Å². The first-order chi connectivity index (χ1) is 18.7. The van der Waals surface area contributed by atoms with Gasteiger partial charge in [-0.1, -0.05) is 80.0 Å². The Balaban J connectivity index is 1.34. The zero-order chi connectivity index (χ0) is 25.4. The van der Waals surface area contributed by atoms with Crippen molar-refractivity contribution in [1.82, 2.24) is 4.57 Å². The highest BCUT2D eigenvalue weighted by Gasteiger charge is 2.39. The summed E-state index contributed by atoms with van der Waals surface area (Å²) >= 11 is 2.11. The van der Waals surface area contributed by atoms with Crippen molar-refractivity contribution in [2.24, 2.45) is 5.92 Å². The third-order valence-corrected chi connectivity index (χ3v) is 10.8. The number of thiophene rings is 1. The van der Waals surface area contributed by atoms with Gasteiger partial charge in [-0.05, 0) is 85.1 Å². The first kappa shape index (κ1) is 22.6. The van der Waals surface area contributed by atoms with Crippen LogP contribution >= 0.6 is 11.3 Å². The van der Waals surface area contributed by atoms with Gasteiger partial charge in [0.2, 0.25) is 0 Å². The first-order valence-electron chi connectivity index (χ1n) is 14.3. The van der Waals surface area contributed by atoms with Gasteiger partial charge in [0.25, 0.3) is 0 Å². The average Bonchev–Trinajstić information content (AvgIpc) is 3.52. The summed E-state index contributed by atoms with van der Waals surface area (Å²) in [7, 11) is 0. The molecule has 0 aliphatic heterocycles. The van der Waals surface area contributed by atoms with Crippen LogP contribution in [0.1, 0.15) is 70.8 Å². The van der Waals surface area contributed by atoms with E-state index in [4.69, 9.17) is 6.58 Å². The molecule has 0 saturated carbocycles. The third kappa shape index (κ3) is 3.10. The van der Waals surface area contributed by atoms with Crippen LogP contribution in [-0.2, 0) is 19.3 Å². The zero-order valence-corrected chi connectivity index (χ0v) is 22.7. The van der Waals surface area contributed by atoms with Crippen LogP contribution in [0.4, 0.5) is 0 Å². The molecule has 2 heteroatoms. The summed E-state index contributed by atoms with van der Waals surface area (Å²) in [5, 5.41) is 2.82. The molecule has 5 aliphatic carbocycles. The lowest BCUT2D eigenvalue weighted by molar-refractivity contribution is 0.492. The summed E-state index contributed by atoms with van der Waals surface area (Å²) < 4.78 is 2.53. The van der Waals surface area contributed by atoms with E-state index in [-0.39, 0.29) is 0 Å². The molecule has 2 unspecified atom stereocenters. The van der Waals surface area contributed by atoms with Crippen LogP contribution in [0.2, 0.25) is 0 Å². The van der Waals surface area contributed by atoms with Crippen molar-refractivity contribution < 1.29 is 0 Å². The second kappa shape index (κ2) is 8.58. The molecule has 38 heavy (non-hydrogen) atoms. The number of hydrogen-bond acceptors (Lipinski definition) is 1. The lowest BCUT2D eigenvalue weighted by Crippen LogP contribution is -2.31. The Morgan fingerprint density at radius 3 is 2.74 bits per heavy atom. The number of aromatic nitrogens is 1. The highest BCUT2D eigenvalue weighted by molar-refractivity contribution is 7.16. The van der Waals surface area contributed by atoms with Crippen LogP contribution in [0.15, 0.2) is 72.9 Å². The molecule has 5 aliphatic rings. The first-order valence-corrected chi connectivity index (χ1v) is 15.1. The van der Waals surface area contributed by atoms with Gasteiger partial charge in [0.05, 0.1) is 0 Å². The molecule has 1 aromatic carbocycles. The molecule has 2 heterocycles. The minimum Gasteiger partial charge on any atom is -0.313 e. The van der Waals surface area contributed by atoms with Crippen molar-refractivity contribution in [2.75, 3.05) is 0 Å². The summed E-state index contributed by atoms with van der Waals surface area (Å²) in [4.78, 5) is 3.19. The Morgan fingerprint density at radius 2 is 1.82 bits per heavy atom. The second-order valence-electron chi connectivity index (χ2n) is 11.4. The lowest BCUT2D eigenvalue weighted by atomic mass is 9.68. The Hall–Kier alpha value is -3.36. The third-order valence-electron chi connectivity index (χ3n) is 9.45. The second-order valence-corrected chi connectivity index (χ2v) is 12.5. The van der Waals surface area contributed by atoms with Gasteiger partial charge in [-0.15, -0.1) is 11.3 Å². The van der Waals surface area contributed by atoms with Gasteiger partial charge in [-0.2, -0.15) is 0 Å². The van der Waals surface area contributed by atoms with E-state index in [1.165, 1.54) is 56.9 Å². The van der Waals surface area contributed by atoms with E-state index in [1.54, 1.807) is 20.9 Å². The van der Waals surface area contributed by atoms with Gasteiger partial charge >= 0.3 is 0 Å². The van der Waals surface area contributed by atoms with Crippen LogP contribution in [-0.4, -0.2) is 4.57 Å². The number of benzene rings is 1. The molecule has 8 rings (SSSR count). The van der Waals surface area contributed by atoms with Gasteiger partial charge in [0.1, 0.15) is 0 Å². The van der Waals surface area contributed by atoms with E-state index >= 15 is 0 Å². The van der Waals surface area contributed by atoms with Crippen molar-refractivity contribution in [1.29, 1.82) is 0 Å². The number of rotatable bonds is 3. The zero-order valence-electron chi connectivity index (χ0n) is 21.9. The maximum atomic E-state index is 4.70. The van der Waals surface area contributed by atoms with E-state index in [1.807, 2.05) is 6.08 Å². The monoisotopic (exact) mass is 511 g/mol. The predicted molar refractivity (Wildman–Crippen MR) is 163 cm³/mol. The Bertz CT molecular complexity index is 1760. The largest absolute Gasteiger partial charge is 0.313 e. The Labute approximate surface area is 229 Å². The topological polar surface area (TPSA) is 4.93 Å². The van der Waals surface area contributed by atoms with Crippen molar-refractivity contribution in [2.45, 2.75) is 57.3 Å². The van der Waals surface area contributed by atoms with Crippen LogP contribution in [0.3, 0.4) is 0 Å². The van der Waals surface area contributed by atoms with Crippen molar-refractivity contribution in [3.8, 4) is 10.4 Å². The Morgan fingerprint density at radius 1 is 0.974 bits per heavy atom. The van der Waals surface area contributed by atoms with Gasteiger partial charge in [0.15, 0.2) is 0 Å². The fraction of sp³-hybridized carbons (Fsp3) is 0.278. The van der Waals surface area contributed by atoms with E-state index in [2.05, 4.69) is 83.2 Å².